The maximum atomic E-state index is 12.0. The molecule has 0 radical (unpaired) electrons. The van der Waals surface area contributed by atoms with Crippen LogP contribution in [0.2, 0.25) is 5.02 Å². The lowest BCUT2D eigenvalue weighted by Crippen LogP contribution is -2.07. The number of ketones is 1. The molecule has 0 bridgehead atoms. The van der Waals surface area contributed by atoms with Crippen molar-refractivity contribution in [3.05, 3.63) is 52.2 Å². The molecule has 1 aliphatic rings. The highest BCUT2D eigenvalue weighted by atomic mass is 35.5. The number of halogens is 1. The molecule has 0 spiro atoms. The molecule has 2 nitrogen and oxygen atoms in total. The topological polar surface area (TPSA) is 20.3 Å². The van der Waals surface area contributed by atoms with Gasteiger partial charge in [0, 0.05) is 36.8 Å². The second-order valence-corrected chi connectivity index (χ2v) is 5.30. The van der Waals surface area contributed by atoms with Crippen molar-refractivity contribution in [3.63, 3.8) is 0 Å². The lowest BCUT2D eigenvalue weighted by atomic mass is 9.95. The molecule has 0 N–H and O–H groups in total. The molecule has 1 aliphatic carbocycles. The van der Waals surface area contributed by atoms with Gasteiger partial charge in [0.05, 0.1) is 0 Å². The summed E-state index contributed by atoms with van der Waals surface area (Å²) in [5.41, 5.74) is 4.09. The fourth-order valence-electron chi connectivity index (χ4n) is 2.23. The predicted octanol–water partition coefficient (Wildman–Crippen LogP) is 4.17. The zero-order valence-electron chi connectivity index (χ0n) is 11.5. The number of rotatable bonds is 4. The van der Waals surface area contributed by atoms with E-state index >= 15 is 0 Å². The normalized spacial score (nSPS) is 14.1. The molecule has 1 aromatic rings. The molecule has 100 valence electrons. The molecule has 0 aliphatic heterocycles. The maximum absolute atomic E-state index is 12.0. The molecule has 1 aromatic carbocycles. The third-order valence-electron chi connectivity index (χ3n) is 3.32. The van der Waals surface area contributed by atoms with Crippen LogP contribution in [0.4, 0.5) is 0 Å². The molecule has 0 saturated carbocycles. The molecule has 0 amide bonds. The average Bonchev–Trinajstić information content (AvgIpc) is 2.87. The minimum Gasteiger partial charge on any atom is -0.378 e. The average molecular weight is 276 g/mol. The van der Waals surface area contributed by atoms with E-state index in [-0.39, 0.29) is 5.78 Å². The van der Waals surface area contributed by atoms with Gasteiger partial charge in [0.15, 0.2) is 5.78 Å². The van der Waals surface area contributed by atoms with Crippen LogP contribution in [-0.4, -0.2) is 24.8 Å². The highest BCUT2D eigenvalue weighted by Crippen LogP contribution is 2.31. The first-order valence-electron chi connectivity index (χ1n) is 6.44. The number of Topliss-reactive ketones (excluding diaryl/α,β-unsaturated/α-hetero) is 1. The summed E-state index contributed by atoms with van der Waals surface area (Å²) in [7, 11) is 4.04. The maximum Gasteiger partial charge on any atom is 0.163 e. The van der Waals surface area contributed by atoms with Crippen molar-refractivity contribution in [1.29, 1.82) is 0 Å². The largest absolute Gasteiger partial charge is 0.378 e. The zero-order chi connectivity index (χ0) is 14.0. The van der Waals surface area contributed by atoms with E-state index in [0.29, 0.717) is 11.4 Å². The van der Waals surface area contributed by atoms with Crippen molar-refractivity contribution in [1.82, 2.24) is 4.90 Å². The van der Waals surface area contributed by atoms with Crippen LogP contribution in [-0.2, 0) is 0 Å². The fraction of sp³-hybridized carbons (Fsp3) is 0.312. The molecule has 0 aromatic heterocycles. The molecule has 0 unspecified atom stereocenters. The summed E-state index contributed by atoms with van der Waals surface area (Å²) in [6, 6.07) is 5.57. The van der Waals surface area contributed by atoms with Crippen molar-refractivity contribution < 1.29 is 4.79 Å². The third kappa shape index (κ3) is 2.90. The highest BCUT2D eigenvalue weighted by molar-refractivity contribution is 6.31. The number of allylic oxidation sites excluding steroid dienone is 3. The molecular weight excluding hydrogens is 258 g/mol. The number of hydrogen-bond donors (Lipinski definition) is 0. The molecule has 19 heavy (non-hydrogen) atoms. The van der Waals surface area contributed by atoms with E-state index in [9.17, 15) is 4.79 Å². The molecule has 0 fully saturated rings. The minimum absolute atomic E-state index is 0.136. The Hall–Kier alpha value is -1.54. The van der Waals surface area contributed by atoms with Crippen LogP contribution in [0.1, 0.15) is 35.7 Å². The number of carbonyl (C=O) groups is 1. The second-order valence-electron chi connectivity index (χ2n) is 4.86. The molecule has 0 heterocycles. The number of carbonyl (C=O) groups excluding carboxylic acids is 1. The van der Waals surface area contributed by atoms with Gasteiger partial charge in [-0.05, 0) is 35.8 Å². The van der Waals surface area contributed by atoms with E-state index < -0.39 is 0 Å². The summed E-state index contributed by atoms with van der Waals surface area (Å²) in [4.78, 5) is 14.1. The van der Waals surface area contributed by atoms with Gasteiger partial charge in [-0.15, -0.1) is 0 Å². The van der Waals surface area contributed by atoms with E-state index in [1.165, 1.54) is 11.3 Å². The van der Waals surface area contributed by atoms with Gasteiger partial charge in [0.1, 0.15) is 0 Å². The zero-order valence-corrected chi connectivity index (χ0v) is 12.3. The lowest BCUT2D eigenvalue weighted by molar-refractivity contribution is 0.0988. The summed E-state index contributed by atoms with van der Waals surface area (Å²) in [6.07, 6.45) is 5.66. The van der Waals surface area contributed by atoms with Gasteiger partial charge in [-0.1, -0.05) is 30.7 Å². The van der Waals surface area contributed by atoms with Gasteiger partial charge in [-0.25, -0.2) is 0 Å². The molecular formula is C16H18ClNO. The lowest BCUT2D eigenvalue weighted by Gasteiger charge is -2.11. The Bertz CT molecular complexity index is 570. The molecule has 0 atom stereocenters. The monoisotopic (exact) mass is 275 g/mol. The summed E-state index contributed by atoms with van der Waals surface area (Å²) < 4.78 is 0. The van der Waals surface area contributed by atoms with Crippen LogP contribution in [0.3, 0.4) is 0 Å². The van der Waals surface area contributed by atoms with Crippen molar-refractivity contribution in [3.8, 4) is 0 Å². The standard InChI is InChI=1S/C16H18ClNO/c1-4-16(19)15-10-12(17)6-8-14(15)11-5-7-13(9-11)18(2)3/h6-10H,4-5H2,1-3H3. The van der Waals surface area contributed by atoms with E-state index in [4.69, 9.17) is 11.6 Å². The van der Waals surface area contributed by atoms with Crippen molar-refractivity contribution in [2.75, 3.05) is 14.1 Å². The Morgan fingerprint density at radius 3 is 2.68 bits per heavy atom. The van der Waals surface area contributed by atoms with Crippen LogP contribution in [0.15, 0.2) is 36.0 Å². The molecule has 3 heteroatoms. The van der Waals surface area contributed by atoms with Crippen molar-refractivity contribution >= 4 is 23.0 Å². The Labute approximate surface area is 119 Å². The first-order valence-corrected chi connectivity index (χ1v) is 6.82. The van der Waals surface area contributed by atoms with Crippen molar-refractivity contribution in [2.45, 2.75) is 19.8 Å². The molecule has 2 rings (SSSR count). The predicted molar refractivity (Wildman–Crippen MR) is 80.4 cm³/mol. The number of nitrogens with zero attached hydrogens (tertiary/aromatic N) is 1. The Balaban J connectivity index is 2.42. The smallest absolute Gasteiger partial charge is 0.163 e. The number of benzene rings is 1. The van der Waals surface area contributed by atoms with Gasteiger partial charge in [-0.2, -0.15) is 0 Å². The van der Waals surface area contributed by atoms with Crippen LogP contribution >= 0.6 is 11.6 Å². The summed E-state index contributed by atoms with van der Waals surface area (Å²) >= 11 is 6.01. The quantitative estimate of drug-likeness (QED) is 0.769. The second kappa shape index (κ2) is 5.62. The van der Waals surface area contributed by atoms with Gasteiger partial charge in [-0.3, -0.25) is 4.79 Å². The number of hydrogen-bond acceptors (Lipinski definition) is 2. The summed E-state index contributed by atoms with van der Waals surface area (Å²) in [6.45, 7) is 1.87. The summed E-state index contributed by atoms with van der Waals surface area (Å²) in [5.74, 6) is 0.136. The van der Waals surface area contributed by atoms with Gasteiger partial charge >= 0.3 is 0 Å². The van der Waals surface area contributed by atoms with E-state index in [1.807, 2.05) is 33.2 Å². The van der Waals surface area contributed by atoms with Gasteiger partial charge in [0.2, 0.25) is 0 Å². The van der Waals surface area contributed by atoms with Gasteiger partial charge < -0.3 is 4.90 Å². The van der Waals surface area contributed by atoms with Gasteiger partial charge in [0.25, 0.3) is 0 Å². The Morgan fingerprint density at radius 1 is 1.37 bits per heavy atom. The third-order valence-corrected chi connectivity index (χ3v) is 3.55. The Kier molecular flexibility index (Phi) is 4.11. The minimum atomic E-state index is 0.136. The number of likely N-dealkylation sites (N-methyl/N-ethyl adjacent to an activating group) is 1. The SMILES string of the molecule is CCC(=O)c1cc(Cl)ccc1C1=CC(N(C)C)=CC1. The van der Waals surface area contributed by atoms with Crippen molar-refractivity contribution in [2.24, 2.45) is 0 Å². The van der Waals surface area contributed by atoms with E-state index in [1.54, 1.807) is 6.07 Å². The first kappa shape index (κ1) is 13.9. The Morgan fingerprint density at radius 2 is 2.11 bits per heavy atom. The first-order chi connectivity index (χ1) is 9.02. The highest BCUT2D eigenvalue weighted by Gasteiger charge is 2.16. The van der Waals surface area contributed by atoms with E-state index in [0.717, 1.165) is 17.5 Å². The fourth-order valence-corrected chi connectivity index (χ4v) is 2.40. The van der Waals surface area contributed by atoms with E-state index in [2.05, 4.69) is 17.1 Å². The van der Waals surface area contributed by atoms with Crippen LogP contribution in [0.25, 0.3) is 5.57 Å². The van der Waals surface area contributed by atoms with Crippen LogP contribution < -0.4 is 0 Å². The van der Waals surface area contributed by atoms with Crippen LogP contribution in [0.5, 0.6) is 0 Å². The molecule has 0 saturated heterocycles. The summed E-state index contributed by atoms with van der Waals surface area (Å²) in [5, 5.41) is 0.611. The van der Waals surface area contributed by atoms with Crippen LogP contribution in [0, 0.1) is 0 Å².